The molecule has 0 spiro atoms. The molecule has 0 saturated heterocycles. The quantitative estimate of drug-likeness (QED) is 0.673. The van der Waals surface area contributed by atoms with E-state index < -0.39 is 0 Å². The number of aryl methyl sites for hydroxylation is 1. The van der Waals surface area contributed by atoms with Gasteiger partial charge in [-0.05, 0) is 31.7 Å². The minimum absolute atomic E-state index is 0.198. The Bertz CT molecular complexity index is 424. The lowest BCUT2D eigenvalue weighted by molar-refractivity contribution is 0.0816. The van der Waals surface area contributed by atoms with E-state index in [4.69, 9.17) is 4.74 Å². The fraction of sp³-hybridized carbons (Fsp3) is 0.667. The molecule has 0 aliphatic heterocycles. The van der Waals surface area contributed by atoms with Gasteiger partial charge in [-0.25, -0.2) is 0 Å². The highest BCUT2D eigenvalue weighted by Crippen LogP contribution is 2.35. The summed E-state index contributed by atoms with van der Waals surface area (Å²) in [6.07, 6.45) is 6.39. The van der Waals surface area contributed by atoms with Gasteiger partial charge in [0.25, 0.3) is 0 Å². The minimum Gasteiger partial charge on any atom is -0.383 e. The smallest absolute Gasteiger partial charge is 0.178 e. The molecule has 0 N–H and O–H groups in total. The van der Waals surface area contributed by atoms with Gasteiger partial charge in [-0.1, -0.05) is 0 Å². The lowest BCUT2D eigenvalue weighted by Gasteiger charge is -2.28. The molecule has 1 saturated carbocycles. The first kappa shape index (κ1) is 14.3. The van der Waals surface area contributed by atoms with Crippen LogP contribution in [0.4, 0.5) is 0 Å². The molecule has 0 aromatic carbocycles. The third-order valence-electron chi connectivity index (χ3n) is 3.96. The number of Topliss-reactive ketones (excluding diaryl/α,β-unsaturated/α-hetero) is 1. The van der Waals surface area contributed by atoms with Crippen LogP contribution in [0.15, 0.2) is 18.5 Å². The normalized spacial score (nSPS) is 16.8. The number of carbonyl (C=O) groups excluding carboxylic acids is 1. The molecule has 1 heterocycles. The SMILES string of the molecule is COCCN(CC(=O)c1ccn(C)c1)C(C)C1CC1. The van der Waals surface area contributed by atoms with Crippen molar-refractivity contribution in [2.75, 3.05) is 26.8 Å². The van der Waals surface area contributed by atoms with Gasteiger partial charge in [0.1, 0.15) is 0 Å². The first-order valence-electron chi connectivity index (χ1n) is 7.00. The van der Waals surface area contributed by atoms with Crippen molar-refractivity contribution in [3.63, 3.8) is 0 Å². The molecule has 1 aliphatic carbocycles. The molecule has 1 aliphatic rings. The van der Waals surface area contributed by atoms with Crippen LogP contribution in [0.25, 0.3) is 0 Å². The van der Waals surface area contributed by atoms with Crippen LogP contribution in [0.5, 0.6) is 0 Å². The second kappa shape index (κ2) is 6.35. The van der Waals surface area contributed by atoms with E-state index >= 15 is 0 Å². The lowest BCUT2D eigenvalue weighted by atomic mass is 10.1. The molecular weight excluding hydrogens is 240 g/mol. The van der Waals surface area contributed by atoms with Crippen molar-refractivity contribution in [2.24, 2.45) is 13.0 Å². The van der Waals surface area contributed by atoms with Crippen LogP contribution in [0.1, 0.15) is 30.1 Å². The van der Waals surface area contributed by atoms with Gasteiger partial charge in [0.15, 0.2) is 5.78 Å². The number of hydrogen-bond donors (Lipinski definition) is 0. The van der Waals surface area contributed by atoms with Crippen molar-refractivity contribution in [3.8, 4) is 0 Å². The van der Waals surface area contributed by atoms with Gasteiger partial charge in [-0.3, -0.25) is 9.69 Å². The Hall–Kier alpha value is -1.13. The third kappa shape index (κ3) is 3.91. The number of nitrogens with zero attached hydrogens (tertiary/aromatic N) is 2. The molecule has 4 nitrogen and oxygen atoms in total. The molecule has 1 atom stereocenters. The summed E-state index contributed by atoms with van der Waals surface area (Å²) in [6.45, 7) is 4.22. The highest BCUT2D eigenvalue weighted by molar-refractivity contribution is 5.97. The molecular formula is C15H24N2O2. The minimum atomic E-state index is 0.198. The Kier molecular flexibility index (Phi) is 4.77. The molecule has 2 rings (SSSR count). The molecule has 1 fully saturated rings. The van der Waals surface area contributed by atoms with E-state index in [1.165, 1.54) is 12.8 Å². The van der Waals surface area contributed by atoms with Crippen molar-refractivity contribution in [1.29, 1.82) is 0 Å². The fourth-order valence-corrected chi connectivity index (χ4v) is 2.46. The van der Waals surface area contributed by atoms with Gasteiger partial charge in [0.2, 0.25) is 0 Å². The summed E-state index contributed by atoms with van der Waals surface area (Å²) in [6, 6.07) is 2.36. The Balaban J connectivity index is 1.96. The van der Waals surface area contributed by atoms with Crippen LogP contribution in [0, 0.1) is 5.92 Å². The monoisotopic (exact) mass is 264 g/mol. The predicted octanol–water partition coefficient (Wildman–Crippen LogP) is 1.95. The molecule has 0 amide bonds. The van der Waals surface area contributed by atoms with Gasteiger partial charge in [-0.2, -0.15) is 0 Å². The van der Waals surface area contributed by atoms with Crippen LogP contribution < -0.4 is 0 Å². The first-order valence-corrected chi connectivity index (χ1v) is 7.00. The number of methoxy groups -OCH3 is 1. The number of carbonyl (C=O) groups is 1. The summed E-state index contributed by atoms with van der Waals surface area (Å²) in [5, 5.41) is 0. The Labute approximate surface area is 115 Å². The molecule has 1 unspecified atom stereocenters. The average molecular weight is 264 g/mol. The van der Waals surface area contributed by atoms with Crippen molar-refractivity contribution in [3.05, 3.63) is 24.0 Å². The summed E-state index contributed by atoms with van der Waals surface area (Å²) in [5.41, 5.74) is 0.799. The maximum Gasteiger partial charge on any atom is 0.178 e. The van der Waals surface area contributed by atoms with E-state index in [2.05, 4.69) is 11.8 Å². The summed E-state index contributed by atoms with van der Waals surface area (Å²) >= 11 is 0. The van der Waals surface area contributed by atoms with E-state index in [-0.39, 0.29) is 5.78 Å². The summed E-state index contributed by atoms with van der Waals surface area (Å²) in [5.74, 6) is 0.963. The van der Waals surface area contributed by atoms with Crippen molar-refractivity contribution >= 4 is 5.78 Å². The van der Waals surface area contributed by atoms with Crippen molar-refractivity contribution < 1.29 is 9.53 Å². The Morgan fingerprint density at radius 3 is 2.84 bits per heavy atom. The average Bonchev–Trinajstić information content (AvgIpc) is 3.15. The standard InChI is InChI=1S/C15H24N2O2/c1-12(13-4-5-13)17(8-9-19-3)11-15(18)14-6-7-16(2)10-14/h6-7,10,12-13H,4-5,8-9,11H2,1-3H3. The number of ether oxygens (including phenoxy) is 1. The molecule has 106 valence electrons. The van der Waals surface area contributed by atoms with E-state index in [0.717, 1.165) is 18.0 Å². The second-order valence-electron chi connectivity index (χ2n) is 5.53. The number of hydrogen-bond acceptors (Lipinski definition) is 3. The van der Waals surface area contributed by atoms with E-state index in [9.17, 15) is 4.79 Å². The highest BCUT2D eigenvalue weighted by Gasteiger charge is 2.32. The summed E-state index contributed by atoms with van der Waals surface area (Å²) in [4.78, 5) is 14.5. The topological polar surface area (TPSA) is 34.5 Å². The predicted molar refractivity (Wildman–Crippen MR) is 75.4 cm³/mol. The van der Waals surface area contributed by atoms with Gasteiger partial charge in [-0.15, -0.1) is 0 Å². The summed E-state index contributed by atoms with van der Waals surface area (Å²) < 4.78 is 7.07. The second-order valence-corrected chi connectivity index (χ2v) is 5.53. The number of rotatable bonds is 8. The molecule has 1 aromatic heterocycles. The highest BCUT2D eigenvalue weighted by atomic mass is 16.5. The van der Waals surface area contributed by atoms with Gasteiger partial charge < -0.3 is 9.30 Å². The van der Waals surface area contributed by atoms with Crippen LogP contribution in [-0.4, -0.2) is 48.1 Å². The zero-order valence-corrected chi connectivity index (χ0v) is 12.1. The molecule has 1 aromatic rings. The van der Waals surface area contributed by atoms with E-state index in [1.54, 1.807) is 7.11 Å². The van der Waals surface area contributed by atoms with Crippen LogP contribution in [0.3, 0.4) is 0 Å². The maximum absolute atomic E-state index is 12.3. The van der Waals surface area contributed by atoms with Crippen molar-refractivity contribution in [2.45, 2.75) is 25.8 Å². The molecule has 19 heavy (non-hydrogen) atoms. The zero-order valence-electron chi connectivity index (χ0n) is 12.1. The van der Waals surface area contributed by atoms with Gasteiger partial charge >= 0.3 is 0 Å². The van der Waals surface area contributed by atoms with Gasteiger partial charge in [0, 0.05) is 44.7 Å². The molecule has 4 heteroatoms. The summed E-state index contributed by atoms with van der Waals surface area (Å²) in [7, 11) is 3.64. The van der Waals surface area contributed by atoms with Gasteiger partial charge in [0.05, 0.1) is 13.2 Å². The number of ketones is 1. The van der Waals surface area contributed by atoms with E-state index in [0.29, 0.717) is 19.2 Å². The Morgan fingerprint density at radius 2 is 2.32 bits per heavy atom. The zero-order chi connectivity index (χ0) is 13.8. The van der Waals surface area contributed by atoms with Crippen LogP contribution in [-0.2, 0) is 11.8 Å². The van der Waals surface area contributed by atoms with Crippen LogP contribution >= 0.6 is 0 Å². The number of aromatic nitrogens is 1. The Morgan fingerprint density at radius 1 is 1.58 bits per heavy atom. The fourth-order valence-electron chi connectivity index (χ4n) is 2.46. The maximum atomic E-state index is 12.3. The third-order valence-corrected chi connectivity index (χ3v) is 3.96. The largest absolute Gasteiger partial charge is 0.383 e. The van der Waals surface area contributed by atoms with Crippen molar-refractivity contribution in [1.82, 2.24) is 9.47 Å². The van der Waals surface area contributed by atoms with Crippen LogP contribution in [0.2, 0.25) is 0 Å². The molecule has 0 bridgehead atoms. The molecule has 0 radical (unpaired) electrons. The van der Waals surface area contributed by atoms with E-state index in [1.807, 2.05) is 30.1 Å². The first-order chi connectivity index (χ1) is 9.11. The lowest BCUT2D eigenvalue weighted by Crippen LogP contribution is -2.40.